The van der Waals surface area contributed by atoms with Crippen molar-refractivity contribution in [2.75, 3.05) is 45.4 Å². The van der Waals surface area contributed by atoms with E-state index >= 15 is 0 Å². The lowest BCUT2D eigenvalue weighted by Gasteiger charge is -2.28. The van der Waals surface area contributed by atoms with Crippen LogP contribution < -0.4 is 14.4 Å². The number of anilines is 1. The Labute approximate surface area is 175 Å². The Morgan fingerprint density at radius 3 is 2.45 bits per heavy atom. The second-order valence-corrected chi connectivity index (χ2v) is 7.55. The third-order valence-corrected chi connectivity index (χ3v) is 5.70. The first kappa shape index (κ1) is 19.5. The van der Waals surface area contributed by atoms with Crippen LogP contribution in [0.2, 0.25) is 0 Å². The Morgan fingerprint density at radius 2 is 1.72 bits per heavy atom. The van der Waals surface area contributed by atoms with E-state index in [9.17, 15) is 0 Å². The van der Waals surface area contributed by atoms with Crippen LogP contribution in [0.4, 0.5) is 5.69 Å². The second kappa shape index (κ2) is 9.11. The molecule has 0 aliphatic carbocycles. The van der Waals surface area contributed by atoms with Crippen LogP contribution in [-0.2, 0) is 4.74 Å². The van der Waals surface area contributed by atoms with E-state index in [1.165, 1.54) is 5.69 Å². The number of hydrogen-bond acceptors (Lipinski definition) is 6. The minimum atomic E-state index is 0.704. The highest BCUT2D eigenvalue weighted by Crippen LogP contribution is 2.33. The third kappa shape index (κ3) is 4.60. The highest BCUT2D eigenvalue weighted by Gasteiger charge is 2.11. The van der Waals surface area contributed by atoms with Crippen molar-refractivity contribution in [3.63, 3.8) is 0 Å². The fraction of sp³-hybridized carbons (Fsp3) is 0.261. The number of morpholine rings is 1. The number of thiazole rings is 1. The van der Waals surface area contributed by atoms with Gasteiger partial charge in [0.2, 0.25) is 0 Å². The topological polar surface area (TPSA) is 43.8 Å². The number of nitrogens with zero attached hydrogens (tertiary/aromatic N) is 2. The minimum absolute atomic E-state index is 0.704. The third-order valence-electron chi connectivity index (χ3n) is 4.89. The maximum atomic E-state index is 5.42. The van der Waals surface area contributed by atoms with E-state index in [0.29, 0.717) is 11.5 Å². The van der Waals surface area contributed by atoms with E-state index in [0.717, 1.165) is 48.1 Å². The van der Waals surface area contributed by atoms with Gasteiger partial charge in [0.1, 0.15) is 5.01 Å². The van der Waals surface area contributed by atoms with Gasteiger partial charge in [0.15, 0.2) is 11.5 Å². The lowest BCUT2D eigenvalue weighted by Crippen LogP contribution is -2.36. The molecular formula is C23H24N2O3S. The number of ether oxygens (including phenoxy) is 3. The SMILES string of the molecule is COc1ccc(-c2csc(/C=C/c3ccc(N4CCOCC4)cc3)n2)cc1OC. The van der Waals surface area contributed by atoms with E-state index in [1.807, 2.05) is 18.2 Å². The molecule has 3 aromatic rings. The molecule has 0 N–H and O–H groups in total. The molecule has 0 saturated carbocycles. The molecule has 0 atom stereocenters. The van der Waals surface area contributed by atoms with Gasteiger partial charge in [0.05, 0.1) is 33.1 Å². The summed E-state index contributed by atoms with van der Waals surface area (Å²) >= 11 is 1.62. The highest BCUT2D eigenvalue weighted by molar-refractivity contribution is 7.10. The maximum absolute atomic E-state index is 5.42. The van der Waals surface area contributed by atoms with Gasteiger partial charge in [-0.2, -0.15) is 0 Å². The molecule has 1 aliphatic heterocycles. The van der Waals surface area contributed by atoms with Crippen LogP contribution in [-0.4, -0.2) is 45.5 Å². The summed E-state index contributed by atoms with van der Waals surface area (Å²) in [5.41, 5.74) is 4.34. The second-order valence-electron chi connectivity index (χ2n) is 6.67. The summed E-state index contributed by atoms with van der Waals surface area (Å²) in [6.07, 6.45) is 4.15. The molecule has 0 amide bonds. The fourth-order valence-corrected chi connectivity index (χ4v) is 4.00. The van der Waals surface area contributed by atoms with Gasteiger partial charge < -0.3 is 19.1 Å². The van der Waals surface area contributed by atoms with Crippen molar-refractivity contribution in [1.29, 1.82) is 0 Å². The summed E-state index contributed by atoms with van der Waals surface area (Å²) < 4.78 is 16.1. The van der Waals surface area contributed by atoms with Crippen LogP contribution in [0, 0.1) is 0 Å². The monoisotopic (exact) mass is 408 g/mol. The number of rotatable bonds is 6. The van der Waals surface area contributed by atoms with Gasteiger partial charge in [-0.1, -0.05) is 18.2 Å². The summed E-state index contributed by atoms with van der Waals surface area (Å²) in [4.78, 5) is 7.09. The molecule has 0 spiro atoms. The molecule has 29 heavy (non-hydrogen) atoms. The van der Waals surface area contributed by atoms with E-state index in [1.54, 1.807) is 25.6 Å². The zero-order valence-electron chi connectivity index (χ0n) is 16.6. The smallest absolute Gasteiger partial charge is 0.161 e. The van der Waals surface area contributed by atoms with Gasteiger partial charge in [-0.05, 0) is 42.0 Å². The summed E-state index contributed by atoms with van der Waals surface area (Å²) in [6, 6.07) is 14.5. The first-order valence-corrected chi connectivity index (χ1v) is 10.4. The van der Waals surface area contributed by atoms with E-state index in [2.05, 4.69) is 46.7 Å². The Balaban J connectivity index is 1.45. The average molecular weight is 409 g/mol. The van der Waals surface area contributed by atoms with Crippen LogP contribution in [0.15, 0.2) is 47.8 Å². The average Bonchev–Trinajstić information content (AvgIpc) is 3.27. The van der Waals surface area contributed by atoms with Crippen LogP contribution in [0.25, 0.3) is 23.4 Å². The molecule has 0 unspecified atom stereocenters. The summed E-state index contributed by atoms with van der Waals surface area (Å²) in [7, 11) is 3.28. The Kier molecular flexibility index (Phi) is 6.12. The molecule has 0 radical (unpaired) electrons. The Hall–Kier alpha value is -2.83. The van der Waals surface area contributed by atoms with E-state index < -0.39 is 0 Å². The zero-order chi connectivity index (χ0) is 20.1. The van der Waals surface area contributed by atoms with Crippen molar-refractivity contribution in [1.82, 2.24) is 4.98 Å². The predicted molar refractivity (Wildman–Crippen MR) is 119 cm³/mol. The molecule has 0 bridgehead atoms. The number of hydrogen-bond donors (Lipinski definition) is 0. The molecule has 6 heteroatoms. The van der Waals surface area contributed by atoms with Gasteiger partial charge >= 0.3 is 0 Å². The Morgan fingerprint density at radius 1 is 0.966 bits per heavy atom. The van der Waals surface area contributed by atoms with Gasteiger partial charge in [-0.3, -0.25) is 0 Å². The van der Waals surface area contributed by atoms with Crippen LogP contribution >= 0.6 is 11.3 Å². The number of benzene rings is 2. The molecule has 2 aromatic carbocycles. The molecule has 1 saturated heterocycles. The minimum Gasteiger partial charge on any atom is -0.493 e. The molecule has 5 nitrogen and oxygen atoms in total. The van der Waals surface area contributed by atoms with E-state index in [-0.39, 0.29) is 0 Å². The zero-order valence-corrected chi connectivity index (χ0v) is 17.4. The maximum Gasteiger partial charge on any atom is 0.161 e. The van der Waals surface area contributed by atoms with Crippen molar-refractivity contribution in [3.05, 3.63) is 58.4 Å². The lowest BCUT2D eigenvalue weighted by atomic mass is 10.1. The van der Waals surface area contributed by atoms with Gasteiger partial charge in [0, 0.05) is 29.7 Å². The van der Waals surface area contributed by atoms with Crippen LogP contribution in [0.5, 0.6) is 11.5 Å². The molecule has 1 aliphatic rings. The van der Waals surface area contributed by atoms with E-state index in [4.69, 9.17) is 19.2 Å². The highest BCUT2D eigenvalue weighted by atomic mass is 32.1. The van der Waals surface area contributed by atoms with Crippen molar-refractivity contribution in [3.8, 4) is 22.8 Å². The first-order valence-electron chi connectivity index (χ1n) is 9.55. The normalized spacial score (nSPS) is 14.3. The Bertz CT molecular complexity index is 976. The molecule has 2 heterocycles. The van der Waals surface area contributed by atoms with Gasteiger partial charge in [0.25, 0.3) is 0 Å². The number of methoxy groups -OCH3 is 2. The summed E-state index contributed by atoms with van der Waals surface area (Å²) in [5, 5.41) is 3.02. The van der Waals surface area contributed by atoms with Gasteiger partial charge in [-0.15, -0.1) is 11.3 Å². The number of aromatic nitrogens is 1. The van der Waals surface area contributed by atoms with Crippen molar-refractivity contribution >= 4 is 29.2 Å². The fourth-order valence-electron chi connectivity index (χ4n) is 3.28. The molecule has 4 rings (SSSR count). The van der Waals surface area contributed by atoms with Crippen molar-refractivity contribution in [2.24, 2.45) is 0 Å². The predicted octanol–water partition coefficient (Wildman–Crippen LogP) is 4.83. The standard InChI is InChI=1S/C23H24N2O3S/c1-26-21-9-6-18(15-22(21)27-2)20-16-29-23(24-20)10-5-17-3-7-19(8-4-17)25-11-13-28-14-12-25/h3-10,15-16H,11-14H2,1-2H3/b10-5+. The summed E-state index contributed by atoms with van der Waals surface area (Å²) in [5.74, 6) is 1.42. The van der Waals surface area contributed by atoms with Crippen molar-refractivity contribution in [2.45, 2.75) is 0 Å². The first-order chi connectivity index (χ1) is 14.3. The molecule has 1 aromatic heterocycles. The summed E-state index contributed by atoms with van der Waals surface area (Å²) in [6.45, 7) is 3.50. The quantitative estimate of drug-likeness (QED) is 0.584. The van der Waals surface area contributed by atoms with Crippen LogP contribution in [0.1, 0.15) is 10.6 Å². The largest absolute Gasteiger partial charge is 0.493 e. The molecular weight excluding hydrogens is 384 g/mol. The molecule has 150 valence electrons. The van der Waals surface area contributed by atoms with Crippen LogP contribution in [0.3, 0.4) is 0 Å². The van der Waals surface area contributed by atoms with Crippen molar-refractivity contribution < 1.29 is 14.2 Å². The van der Waals surface area contributed by atoms with Gasteiger partial charge in [-0.25, -0.2) is 4.98 Å². The molecule has 1 fully saturated rings. The lowest BCUT2D eigenvalue weighted by molar-refractivity contribution is 0.122.